The number of benzene rings is 1. The van der Waals surface area contributed by atoms with Gasteiger partial charge < -0.3 is 5.11 Å². The van der Waals surface area contributed by atoms with Gasteiger partial charge in [-0.1, -0.05) is 51.0 Å². The molecule has 25 heavy (non-hydrogen) atoms. The van der Waals surface area contributed by atoms with E-state index in [9.17, 15) is 9.59 Å². The minimum absolute atomic E-state index is 0.0627. The monoisotopic (exact) mass is 345 g/mol. The molecule has 4 nitrogen and oxygen atoms in total. The lowest BCUT2D eigenvalue weighted by Crippen LogP contribution is -2.25. The van der Waals surface area contributed by atoms with Crippen molar-refractivity contribution in [1.29, 1.82) is 0 Å². The van der Waals surface area contributed by atoms with Gasteiger partial charge >= 0.3 is 5.97 Å². The maximum Gasteiger partial charge on any atom is 0.306 e. The van der Waals surface area contributed by atoms with Gasteiger partial charge in [-0.3, -0.25) is 14.5 Å². The molecule has 0 spiro atoms. The fraction of sp³-hybridized carbons (Fsp3) is 0.619. The number of hydrogen-bond acceptors (Lipinski definition) is 3. The summed E-state index contributed by atoms with van der Waals surface area (Å²) in [4.78, 5) is 25.7. The van der Waals surface area contributed by atoms with Crippen molar-refractivity contribution in [1.82, 2.24) is 4.90 Å². The second-order valence-electron chi connectivity index (χ2n) is 7.22. The molecule has 2 rings (SSSR count). The number of unbranched alkanes of at least 4 members (excludes halogenated alkanes) is 2. The van der Waals surface area contributed by atoms with Crippen LogP contribution in [0.2, 0.25) is 0 Å². The first-order valence-electron chi connectivity index (χ1n) is 9.61. The highest BCUT2D eigenvalue weighted by Gasteiger charge is 2.37. The molecule has 1 aliphatic carbocycles. The largest absolute Gasteiger partial charge is 0.481 e. The fourth-order valence-corrected chi connectivity index (χ4v) is 3.54. The third-order valence-electron chi connectivity index (χ3n) is 5.15. The number of ketones is 1. The molecule has 0 heterocycles. The van der Waals surface area contributed by atoms with Crippen LogP contribution in [0.4, 0.5) is 0 Å². The number of carboxylic acids is 1. The average Bonchev–Trinajstić information content (AvgIpc) is 3.00. The maximum atomic E-state index is 12.1. The van der Waals surface area contributed by atoms with Crippen LogP contribution in [-0.4, -0.2) is 34.8 Å². The molecular weight excluding hydrogens is 314 g/mol. The van der Waals surface area contributed by atoms with E-state index in [1.54, 1.807) is 0 Å². The van der Waals surface area contributed by atoms with Crippen molar-refractivity contribution in [3.63, 3.8) is 0 Å². The summed E-state index contributed by atoms with van der Waals surface area (Å²) in [5, 5.41) is 9.12. The Labute approximate surface area is 151 Å². The molecule has 1 aromatic carbocycles. The Morgan fingerprint density at radius 3 is 2.20 bits per heavy atom. The van der Waals surface area contributed by atoms with Gasteiger partial charge in [0.1, 0.15) is 5.78 Å². The van der Waals surface area contributed by atoms with Crippen LogP contribution in [0.1, 0.15) is 69.4 Å². The Kier molecular flexibility index (Phi) is 7.63. The standard InChI is InChI=1S/C21H31NO3/c1-3-5-11-22(12-6-4-2)15-16-7-9-17(10-8-16)19-13-18(21(24)25)14-20(19)23/h7-10,18-19H,3-6,11-15H2,1-2H3,(H,24,25)/t18-,19-/m0/s1. The normalized spacial score (nSPS) is 20.4. The van der Waals surface area contributed by atoms with Gasteiger partial charge in [-0.15, -0.1) is 0 Å². The van der Waals surface area contributed by atoms with E-state index in [0.717, 1.165) is 25.2 Å². The number of aliphatic carboxylic acids is 1. The number of hydrogen-bond donors (Lipinski definition) is 1. The lowest BCUT2D eigenvalue weighted by atomic mass is 9.94. The molecule has 1 saturated carbocycles. The van der Waals surface area contributed by atoms with E-state index >= 15 is 0 Å². The average molecular weight is 345 g/mol. The quantitative estimate of drug-likeness (QED) is 0.689. The van der Waals surface area contributed by atoms with Gasteiger partial charge in [0.2, 0.25) is 0 Å². The Morgan fingerprint density at radius 1 is 1.12 bits per heavy atom. The zero-order valence-corrected chi connectivity index (χ0v) is 15.5. The van der Waals surface area contributed by atoms with Crippen LogP contribution >= 0.6 is 0 Å². The molecule has 2 atom stereocenters. The number of rotatable bonds is 10. The third-order valence-corrected chi connectivity index (χ3v) is 5.15. The van der Waals surface area contributed by atoms with E-state index in [1.165, 1.54) is 31.2 Å². The van der Waals surface area contributed by atoms with Gasteiger partial charge in [0.05, 0.1) is 5.92 Å². The Bertz CT molecular complexity index is 559. The molecule has 0 bridgehead atoms. The highest BCUT2D eigenvalue weighted by Crippen LogP contribution is 2.35. The molecule has 0 saturated heterocycles. The molecule has 1 N–H and O–H groups in total. The first kappa shape index (κ1) is 19.6. The minimum atomic E-state index is -0.852. The summed E-state index contributed by atoms with van der Waals surface area (Å²) in [6, 6.07) is 8.23. The van der Waals surface area contributed by atoms with Gasteiger partial charge in [0.25, 0.3) is 0 Å². The molecule has 1 aliphatic rings. The van der Waals surface area contributed by atoms with Gasteiger partial charge in [0.15, 0.2) is 0 Å². The van der Waals surface area contributed by atoms with E-state index in [0.29, 0.717) is 6.42 Å². The SMILES string of the molecule is CCCCN(CCCC)Cc1ccc([C@@H]2C[C@H](C(=O)O)CC2=O)cc1. The highest BCUT2D eigenvalue weighted by molar-refractivity contribution is 5.92. The van der Waals surface area contributed by atoms with E-state index in [-0.39, 0.29) is 18.1 Å². The molecule has 1 fully saturated rings. The molecule has 0 amide bonds. The summed E-state index contributed by atoms with van der Waals surface area (Å²) >= 11 is 0. The van der Waals surface area contributed by atoms with Gasteiger partial charge in [-0.2, -0.15) is 0 Å². The molecular formula is C21H31NO3. The fourth-order valence-electron chi connectivity index (χ4n) is 3.54. The number of carboxylic acid groups (broad SMARTS) is 1. The molecule has 0 unspecified atom stereocenters. The third kappa shape index (κ3) is 5.67. The summed E-state index contributed by atoms with van der Waals surface area (Å²) in [6.45, 7) is 7.63. The first-order valence-corrected chi connectivity index (χ1v) is 9.61. The van der Waals surface area contributed by atoms with E-state index in [2.05, 4.69) is 30.9 Å². The topological polar surface area (TPSA) is 57.6 Å². The van der Waals surface area contributed by atoms with E-state index < -0.39 is 11.9 Å². The molecule has 138 valence electrons. The molecule has 0 aromatic heterocycles. The maximum absolute atomic E-state index is 12.1. The lowest BCUT2D eigenvalue weighted by Gasteiger charge is -2.22. The zero-order chi connectivity index (χ0) is 18.2. The van der Waals surface area contributed by atoms with Crippen LogP contribution in [-0.2, 0) is 16.1 Å². The van der Waals surface area contributed by atoms with Crippen LogP contribution in [0.15, 0.2) is 24.3 Å². The molecule has 0 aliphatic heterocycles. The smallest absolute Gasteiger partial charge is 0.306 e. The minimum Gasteiger partial charge on any atom is -0.481 e. The highest BCUT2D eigenvalue weighted by atomic mass is 16.4. The Morgan fingerprint density at radius 2 is 1.72 bits per heavy atom. The van der Waals surface area contributed by atoms with Crippen molar-refractivity contribution in [3.8, 4) is 0 Å². The second kappa shape index (κ2) is 9.71. The molecule has 4 heteroatoms. The molecule has 0 radical (unpaired) electrons. The Balaban J connectivity index is 1.98. The summed E-state index contributed by atoms with van der Waals surface area (Å²) in [7, 11) is 0. The van der Waals surface area contributed by atoms with E-state index in [1.807, 2.05) is 12.1 Å². The van der Waals surface area contributed by atoms with Crippen LogP contribution in [0.25, 0.3) is 0 Å². The van der Waals surface area contributed by atoms with Crippen LogP contribution in [0.3, 0.4) is 0 Å². The van der Waals surface area contributed by atoms with Gasteiger partial charge in [0, 0.05) is 18.9 Å². The summed E-state index contributed by atoms with van der Waals surface area (Å²) in [5.41, 5.74) is 2.22. The zero-order valence-electron chi connectivity index (χ0n) is 15.5. The van der Waals surface area contributed by atoms with Crippen LogP contribution in [0, 0.1) is 5.92 Å². The second-order valence-corrected chi connectivity index (χ2v) is 7.22. The van der Waals surface area contributed by atoms with Crippen molar-refractivity contribution < 1.29 is 14.7 Å². The lowest BCUT2D eigenvalue weighted by molar-refractivity contribution is -0.142. The Hall–Kier alpha value is -1.68. The summed E-state index contributed by atoms with van der Waals surface area (Å²) < 4.78 is 0. The van der Waals surface area contributed by atoms with Crippen molar-refractivity contribution >= 4 is 11.8 Å². The van der Waals surface area contributed by atoms with Crippen molar-refractivity contribution in [2.45, 2.75) is 64.8 Å². The number of Topliss-reactive ketones (excluding diaryl/α,β-unsaturated/α-hetero) is 1. The van der Waals surface area contributed by atoms with Gasteiger partial charge in [-0.05, 0) is 43.5 Å². The predicted octanol–water partition coefficient (Wildman–Crippen LogP) is 4.24. The van der Waals surface area contributed by atoms with Crippen molar-refractivity contribution in [3.05, 3.63) is 35.4 Å². The first-order chi connectivity index (χ1) is 12.0. The molecule has 1 aromatic rings. The number of carbonyl (C=O) groups excluding carboxylic acids is 1. The van der Waals surface area contributed by atoms with Crippen molar-refractivity contribution in [2.75, 3.05) is 13.1 Å². The van der Waals surface area contributed by atoms with E-state index in [4.69, 9.17) is 5.11 Å². The van der Waals surface area contributed by atoms with Crippen molar-refractivity contribution in [2.24, 2.45) is 5.92 Å². The summed E-state index contributed by atoms with van der Waals surface area (Å²) in [5.74, 6) is -1.55. The van der Waals surface area contributed by atoms with Gasteiger partial charge in [-0.25, -0.2) is 0 Å². The predicted molar refractivity (Wildman–Crippen MR) is 99.6 cm³/mol. The van der Waals surface area contributed by atoms with Crippen LogP contribution in [0.5, 0.6) is 0 Å². The number of carbonyl (C=O) groups is 2. The summed E-state index contributed by atoms with van der Waals surface area (Å²) in [6.07, 6.45) is 5.45. The van der Waals surface area contributed by atoms with Crippen LogP contribution < -0.4 is 0 Å². The number of nitrogens with zero attached hydrogens (tertiary/aromatic N) is 1.